The van der Waals surface area contributed by atoms with Gasteiger partial charge in [-0.15, -0.1) is 0 Å². The van der Waals surface area contributed by atoms with Crippen molar-refractivity contribution in [1.29, 1.82) is 0 Å². The molecular formula is C14H16N2O3. The van der Waals surface area contributed by atoms with Crippen LogP contribution in [0.4, 0.5) is 5.69 Å². The van der Waals surface area contributed by atoms with E-state index in [4.69, 9.17) is 19.9 Å². The zero-order valence-electron chi connectivity index (χ0n) is 10.9. The van der Waals surface area contributed by atoms with Crippen LogP contribution in [0.25, 0.3) is 0 Å². The summed E-state index contributed by atoms with van der Waals surface area (Å²) in [6.07, 6.45) is 0. The van der Waals surface area contributed by atoms with E-state index in [0.717, 1.165) is 5.69 Å². The number of methoxy groups -OCH3 is 2. The van der Waals surface area contributed by atoms with Gasteiger partial charge >= 0.3 is 0 Å². The van der Waals surface area contributed by atoms with Crippen molar-refractivity contribution in [2.75, 3.05) is 20.0 Å². The minimum absolute atomic E-state index is 0.316. The van der Waals surface area contributed by atoms with Gasteiger partial charge in [0.05, 0.1) is 19.9 Å². The predicted octanol–water partition coefficient (Wildman–Crippen LogP) is 2.26. The molecule has 0 radical (unpaired) electrons. The normalized spacial score (nSPS) is 10.0. The Hall–Kier alpha value is -2.43. The molecule has 1 aromatic heterocycles. The van der Waals surface area contributed by atoms with Crippen LogP contribution in [0.15, 0.2) is 36.4 Å². The molecule has 0 fully saturated rings. The molecule has 1 heterocycles. The second-order valence-corrected chi connectivity index (χ2v) is 3.87. The minimum atomic E-state index is 0.316. The highest BCUT2D eigenvalue weighted by atomic mass is 16.5. The van der Waals surface area contributed by atoms with Gasteiger partial charge in [-0.05, 0) is 18.2 Å². The first kappa shape index (κ1) is 13.0. The van der Waals surface area contributed by atoms with E-state index in [2.05, 4.69) is 4.98 Å². The zero-order valence-corrected chi connectivity index (χ0v) is 10.9. The molecule has 2 aromatic rings. The summed E-state index contributed by atoms with van der Waals surface area (Å²) in [4.78, 5) is 4.26. The van der Waals surface area contributed by atoms with Crippen LogP contribution < -0.4 is 19.9 Å². The first-order chi connectivity index (χ1) is 9.22. The molecule has 5 nitrogen and oxygen atoms in total. The van der Waals surface area contributed by atoms with Crippen LogP contribution in [0, 0.1) is 0 Å². The molecule has 0 amide bonds. The number of ether oxygens (including phenoxy) is 3. The summed E-state index contributed by atoms with van der Waals surface area (Å²) >= 11 is 0. The molecule has 0 aliphatic carbocycles. The molecule has 2 N–H and O–H groups in total. The number of nitrogens with two attached hydrogens (primary N) is 1. The third-order valence-electron chi connectivity index (χ3n) is 2.55. The third-order valence-corrected chi connectivity index (χ3v) is 2.55. The van der Waals surface area contributed by atoms with E-state index in [1.807, 2.05) is 12.1 Å². The molecule has 2 rings (SSSR count). The van der Waals surface area contributed by atoms with E-state index < -0.39 is 0 Å². The van der Waals surface area contributed by atoms with Crippen molar-refractivity contribution in [3.05, 3.63) is 42.1 Å². The molecule has 100 valence electrons. The lowest BCUT2D eigenvalue weighted by atomic mass is 10.3. The largest absolute Gasteiger partial charge is 0.493 e. The third kappa shape index (κ3) is 3.28. The van der Waals surface area contributed by atoms with Crippen LogP contribution in [0.5, 0.6) is 17.4 Å². The van der Waals surface area contributed by atoms with E-state index in [1.54, 1.807) is 38.5 Å². The molecule has 0 saturated heterocycles. The first-order valence-electron chi connectivity index (χ1n) is 5.79. The average molecular weight is 260 g/mol. The molecule has 0 bridgehead atoms. The van der Waals surface area contributed by atoms with Gasteiger partial charge in [0.15, 0.2) is 11.5 Å². The fourth-order valence-electron chi connectivity index (χ4n) is 1.61. The van der Waals surface area contributed by atoms with Crippen molar-refractivity contribution in [2.24, 2.45) is 0 Å². The van der Waals surface area contributed by atoms with E-state index in [0.29, 0.717) is 29.7 Å². The number of benzene rings is 1. The summed E-state index contributed by atoms with van der Waals surface area (Å²) in [5.41, 5.74) is 7.11. The maximum atomic E-state index is 5.73. The fraction of sp³-hybridized carbons (Fsp3) is 0.214. The van der Waals surface area contributed by atoms with Crippen molar-refractivity contribution in [3.8, 4) is 17.4 Å². The molecule has 1 aromatic carbocycles. The number of nitrogen functional groups attached to an aromatic ring is 1. The number of aromatic nitrogens is 1. The van der Waals surface area contributed by atoms with E-state index in [-0.39, 0.29) is 0 Å². The van der Waals surface area contributed by atoms with Crippen LogP contribution in [0.1, 0.15) is 5.69 Å². The van der Waals surface area contributed by atoms with Crippen LogP contribution in [-0.4, -0.2) is 19.2 Å². The highest BCUT2D eigenvalue weighted by Gasteiger charge is 2.06. The van der Waals surface area contributed by atoms with Gasteiger partial charge in [-0.2, -0.15) is 0 Å². The van der Waals surface area contributed by atoms with Gasteiger partial charge in [-0.3, -0.25) is 0 Å². The Bertz CT molecular complexity index is 558. The monoisotopic (exact) mass is 260 g/mol. The number of hydrogen-bond donors (Lipinski definition) is 1. The Morgan fingerprint density at radius 2 is 1.89 bits per heavy atom. The Labute approximate surface area is 111 Å². The number of nitrogens with zero attached hydrogens (tertiary/aromatic N) is 1. The highest BCUT2D eigenvalue weighted by molar-refractivity contribution is 5.51. The summed E-state index contributed by atoms with van der Waals surface area (Å²) in [6, 6.07) is 10.8. The van der Waals surface area contributed by atoms with Gasteiger partial charge in [0.1, 0.15) is 6.61 Å². The van der Waals surface area contributed by atoms with Crippen LogP contribution in [0.2, 0.25) is 0 Å². The van der Waals surface area contributed by atoms with Crippen LogP contribution in [-0.2, 0) is 6.61 Å². The maximum Gasteiger partial charge on any atom is 0.213 e. The smallest absolute Gasteiger partial charge is 0.213 e. The Morgan fingerprint density at radius 1 is 1.05 bits per heavy atom. The summed E-state index contributed by atoms with van der Waals surface area (Å²) in [5, 5.41) is 0. The number of rotatable bonds is 5. The molecule has 0 aliphatic heterocycles. The van der Waals surface area contributed by atoms with Crippen molar-refractivity contribution in [2.45, 2.75) is 6.61 Å². The topological polar surface area (TPSA) is 66.6 Å². The van der Waals surface area contributed by atoms with Crippen molar-refractivity contribution in [3.63, 3.8) is 0 Å². The van der Waals surface area contributed by atoms with Crippen molar-refractivity contribution in [1.82, 2.24) is 4.98 Å². The zero-order chi connectivity index (χ0) is 13.7. The summed E-state index contributed by atoms with van der Waals surface area (Å²) in [6.45, 7) is 0.316. The average Bonchev–Trinajstić information content (AvgIpc) is 2.45. The second kappa shape index (κ2) is 5.95. The molecule has 0 aliphatic rings. The lowest BCUT2D eigenvalue weighted by molar-refractivity contribution is 0.279. The molecule has 0 unspecified atom stereocenters. The number of anilines is 1. The Balaban J connectivity index is 2.11. The predicted molar refractivity (Wildman–Crippen MR) is 72.5 cm³/mol. The molecular weight excluding hydrogens is 244 g/mol. The quantitative estimate of drug-likeness (QED) is 0.835. The molecule has 0 saturated carbocycles. The second-order valence-electron chi connectivity index (χ2n) is 3.87. The molecule has 0 spiro atoms. The fourth-order valence-corrected chi connectivity index (χ4v) is 1.61. The Morgan fingerprint density at radius 3 is 2.63 bits per heavy atom. The van der Waals surface area contributed by atoms with Gasteiger partial charge in [-0.25, -0.2) is 4.98 Å². The van der Waals surface area contributed by atoms with Gasteiger partial charge in [-0.1, -0.05) is 6.07 Å². The number of hydrogen-bond acceptors (Lipinski definition) is 5. The van der Waals surface area contributed by atoms with E-state index >= 15 is 0 Å². The molecule has 19 heavy (non-hydrogen) atoms. The van der Waals surface area contributed by atoms with Gasteiger partial charge in [0, 0.05) is 17.8 Å². The standard InChI is InChI=1S/C14H16N2O3/c1-17-12-7-6-10(15)8-13(12)19-9-11-4-3-5-14(16-11)18-2/h3-8H,9,15H2,1-2H3. The maximum absolute atomic E-state index is 5.73. The summed E-state index contributed by atoms with van der Waals surface area (Å²) < 4.78 is 15.9. The SMILES string of the molecule is COc1cccc(COc2cc(N)ccc2OC)n1. The van der Waals surface area contributed by atoms with Crippen LogP contribution in [0.3, 0.4) is 0 Å². The molecule has 0 atom stereocenters. The molecule has 5 heteroatoms. The minimum Gasteiger partial charge on any atom is -0.493 e. The van der Waals surface area contributed by atoms with Gasteiger partial charge in [0.25, 0.3) is 0 Å². The van der Waals surface area contributed by atoms with Gasteiger partial charge < -0.3 is 19.9 Å². The van der Waals surface area contributed by atoms with Gasteiger partial charge in [0.2, 0.25) is 5.88 Å². The van der Waals surface area contributed by atoms with Crippen LogP contribution >= 0.6 is 0 Å². The lowest BCUT2D eigenvalue weighted by Gasteiger charge is -2.11. The lowest BCUT2D eigenvalue weighted by Crippen LogP contribution is -2.01. The highest BCUT2D eigenvalue weighted by Crippen LogP contribution is 2.29. The van der Waals surface area contributed by atoms with E-state index in [1.165, 1.54) is 0 Å². The number of pyridine rings is 1. The van der Waals surface area contributed by atoms with Crippen molar-refractivity contribution >= 4 is 5.69 Å². The van der Waals surface area contributed by atoms with E-state index in [9.17, 15) is 0 Å². The first-order valence-corrected chi connectivity index (χ1v) is 5.79. The Kier molecular flexibility index (Phi) is 4.07. The summed E-state index contributed by atoms with van der Waals surface area (Å²) in [7, 11) is 3.16. The summed E-state index contributed by atoms with van der Waals surface area (Å²) in [5.74, 6) is 1.78. The van der Waals surface area contributed by atoms with Crippen molar-refractivity contribution < 1.29 is 14.2 Å².